The van der Waals surface area contributed by atoms with E-state index in [1.807, 2.05) is 6.07 Å². The van der Waals surface area contributed by atoms with E-state index in [0.29, 0.717) is 52.5 Å². The molecule has 0 atom stereocenters. The standard InChI is InChI=1S/C26H19F2N7O/c27-16-13-21-23(31-14-16)18(8-10-30-21)26(36)32-17-11-15(12-17)24-33-34-25(20-6-3-4-9-29-20)35(24)22-7-2-1-5-19(22)28/h1-10,13-15,17H,11-12H2,(H,32,36)/t15-,17-. The zero-order valence-electron chi connectivity index (χ0n) is 18.8. The maximum absolute atomic E-state index is 14.8. The van der Waals surface area contributed by atoms with Crippen molar-refractivity contribution in [1.29, 1.82) is 0 Å². The minimum Gasteiger partial charge on any atom is -0.349 e. The number of nitrogens with zero attached hydrogens (tertiary/aromatic N) is 6. The van der Waals surface area contributed by atoms with Gasteiger partial charge < -0.3 is 5.32 Å². The molecule has 1 aromatic carbocycles. The Labute approximate surface area is 204 Å². The highest BCUT2D eigenvalue weighted by atomic mass is 19.1. The van der Waals surface area contributed by atoms with Crippen LogP contribution in [0.25, 0.3) is 28.2 Å². The van der Waals surface area contributed by atoms with E-state index in [9.17, 15) is 13.6 Å². The zero-order chi connectivity index (χ0) is 24.6. The number of halogens is 2. The van der Waals surface area contributed by atoms with Crippen molar-refractivity contribution in [2.75, 3.05) is 0 Å². The van der Waals surface area contributed by atoms with Crippen LogP contribution in [0.3, 0.4) is 0 Å². The van der Waals surface area contributed by atoms with Crippen LogP contribution in [0.5, 0.6) is 0 Å². The molecule has 36 heavy (non-hydrogen) atoms. The Kier molecular flexibility index (Phi) is 5.40. The predicted molar refractivity (Wildman–Crippen MR) is 127 cm³/mol. The molecule has 0 radical (unpaired) electrons. The number of aromatic nitrogens is 6. The second-order valence-electron chi connectivity index (χ2n) is 8.60. The second-order valence-corrected chi connectivity index (χ2v) is 8.60. The van der Waals surface area contributed by atoms with Crippen LogP contribution in [0.15, 0.2) is 73.2 Å². The second kappa shape index (κ2) is 8.88. The van der Waals surface area contributed by atoms with Gasteiger partial charge in [-0.15, -0.1) is 10.2 Å². The van der Waals surface area contributed by atoms with Gasteiger partial charge in [0.2, 0.25) is 0 Å². The molecule has 4 aromatic heterocycles. The Bertz CT molecular complexity index is 1580. The van der Waals surface area contributed by atoms with Gasteiger partial charge in [-0.2, -0.15) is 0 Å². The van der Waals surface area contributed by atoms with Crippen LogP contribution in [-0.4, -0.2) is 41.7 Å². The van der Waals surface area contributed by atoms with Gasteiger partial charge in [-0.3, -0.25) is 24.3 Å². The predicted octanol–water partition coefficient (Wildman–Crippen LogP) is 4.23. The lowest BCUT2D eigenvalue weighted by Gasteiger charge is -2.35. The average Bonchev–Trinajstić information content (AvgIpc) is 3.30. The van der Waals surface area contributed by atoms with Gasteiger partial charge >= 0.3 is 0 Å². The first-order chi connectivity index (χ1) is 17.6. The van der Waals surface area contributed by atoms with Crippen LogP contribution in [0.2, 0.25) is 0 Å². The van der Waals surface area contributed by atoms with E-state index in [1.165, 1.54) is 18.3 Å². The van der Waals surface area contributed by atoms with Gasteiger partial charge in [0.25, 0.3) is 5.91 Å². The monoisotopic (exact) mass is 483 g/mol. The molecule has 10 heteroatoms. The van der Waals surface area contributed by atoms with Gasteiger partial charge in [0.1, 0.15) is 28.7 Å². The fraction of sp³-hybridized carbons (Fsp3) is 0.154. The van der Waals surface area contributed by atoms with Crippen LogP contribution in [0.4, 0.5) is 8.78 Å². The highest BCUT2D eigenvalue weighted by molar-refractivity contribution is 6.04. The molecule has 0 saturated heterocycles. The molecule has 1 aliphatic rings. The molecule has 6 rings (SSSR count). The summed E-state index contributed by atoms with van der Waals surface area (Å²) in [5.41, 5.74) is 1.90. The molecule has 0 unspecified atom stereocenters. The third-order valence-electron chi connectivity index (χ3n) is 6.30. The van der Waals surface area contributed by atoms with Crippen LogP contribution < -0.4 is 5.32 Å². The number of hydrogen-bond donors (Lipinski definition) is 1. The molecule has 1 aliphatic carbocycles. The molecule has 178 valence electrons. The Morgan fingerprint density at radius 3 is 2.58 bits per heavy atom. The van der Waals surface area contributed by atoms with Crippen molar-refractivity contribution in [3.05, 3.63) is 96.2 Å². The van der Waals surface area contributed by atoms with Gasteiger partial charge in [-0.25, -0.2) is 8.78 Å². The smallest absolute Gasteiger partial charge is 0.253 e. The first-order valence-corrected chi connectivity index (χ1v) is 11.4. The summed E-state index contributed by atoms with van der Waals surface area (Å²) in [6.07, 6.45) is 5.38. The number of carbonyl (C=O) groups excluding carboxylic acids is 1. The van der Waals surface area contributed by atoms with Crippen molar-refractivity contribution in [2.24, 2.45) is 0 Å². The number of benzene rings is 1. The van der Waals surface area contributed by atoms with Crippen molar-refractivity contribution < 1.29 is 13.6 Å². The van der Waals surface area contributed by atoms with E-state index in [1.54, 1.807) is 47.2 Å². The number of hydrogen-bond acceptors (Lipinski definition) is 6. The summed E-state index contributed by atoms with van der Waals surface area (Å²) in [7, 11) is 0. The summed E-state index contributed by atoms with van der Waals surface area (Å²) in [5, 5.41) is 11.7. The Balaban J connectivity index is 1.25. The minimum absolute atomic E-state index is 0.0405. The highest BCUT2D eigenvalue weighted by Gasteiger charge is 2.36. The average molecular weight is 483 g/mol. The number of rotatable bonds is 5. The summed E-state index contributed by atoms with van der Waals surface area (Å²) in [6.45, 7) is 0. The normalized spacial score (nSPS) is 17.1. The Morgan fingerprint density at radius 1 is 0.944 bits per heavy atom. The first kappa shape index (κ1) is 21.9. The summed E-state index contributed by atoms with van der Waals surface area (Å²) >= 11 is 0. The molecular formula is C26H19F2N7O. The fourth-order valence-corrected chi connectivity index (χ4v) is 4.49. The third kappa shape index (κ3) is 3.86. The number of nitrogens with one attached hydrogen (secondary N) is 1. The van der Waals surface area contributed by atoms with E-state index < -0.39 is 11.6 Å². The molecule has 0 aliphatic heterocycles. The zero-order valence-corrected chi connectivity index (χ0v) is 18.8. The molecule has 8 nitrogen and oxygen atoms in total. The molecule has 0 spiro atoms. The highest BCUT2D eigenvalue weighted by Crippen LogP contribution is 2.39. The van der Waals surface area contributed by atoms with E-state index in [2.05, 4.69) is 30.5 Å². The number of carbonyl (C=O) groups is 1. The Hall–Kier alpha value is -4.60. The summed E-state index contributed by atoms with van der Waals surface area (Å²) in [6, 6.07) is 14.6. The van der Waals surface area contributed by atoms with Crippen molar-refractivity contribution in [2.45, 2.75) is 24.8 Å². The maximum Gasteiger partial charge on any atom is 0.253 e. The largest absolute Gasteiger partial charge is 0.349 e. The van der Waals surface area contributed by atoms with Crippen LogP contribution in [0.1, 0.15) is 34.9 Å². The lowest BCUT2D eigenvalue weighted by molar-refractivity contribution is 0.0908. The maximum atomic E-state index is 14.8. The summed E-state index contributed by atoms with van der Waals surface area (Å²) < 4.78 is 30.0. The SMILES string of the molecule is O=C(N[C@H]1C[C@H](c2nnc(-c3ccccn3)n2-c2ccccc2F)C1)c1ccnc2cc(F)cnc12. The molecular weight excluding hydrogens is 464 g/mol. The summed E-state index contributed by atoms with van der Waals surface area (Å²) in [4.78, 5) is 25.4. The van der Waals surface area contributed by atoms with Gasteiger partial charge in [-0.05, 0) is 43.2 Å². The molecule has 1 saturated carbocycles. The number of fused-ring (bicyclic) bond motifs is 1. The van der Waals surface area contributed by atoms with E-state index in [-0.39, 0.29) is 17.9 Å². The van der Waals surface area contributed by atoms with Crippen LogP contribution in [0, 0.1) is 11.6 Å². The minimum atomic E-state index is -0.515. The lowest BCUT2D eigenvalue weighted by atomic mass is 9.79. The number of para-hydroxylation sites is 1. The fourth-order valence-electron chi connectivity index (χ4n) is 4.49. The Morgan fingerprint density at radius 2 is 1.78 bits per heavy atom. The van der Waals surface area contributed by atoms with E-state index >= 15 is 0 Å². The van der Waals surface area contributed by atoms with Crippen molar-refractivity contribution in [1.82, 2.24) is 35.0 Å². The van der Waals surface area contributed by atoms with E-state index in [0.717, 1.165) is 6.20 Å². The van der Waals surface area contributed by atoms with Crippen molar-refractivity contribution in [3.8, 4) is 17.2 Å². The molecule has 0 bridgehead atoms. The quantitative estimate of drug-likeness (QED) is 0.402. The molecule has 4 heterocycles. The van der Waals surface area contributed by atoms with E-state index in [4.69, 9.17) is 0 Å². The molecule has 1 fully saturated rings. The van der Waals surface area contributed by atoms with Crippen LogP contribution >= 0.6 is 0 Å². The topological polar surface area (TPSA) is 98.5 Å². The number of amides is 1. The van der Waals surface area contributed by atoms with Gasteiger partial charge in [0.05, 0.1) is 23.0 Å². The van der Waals surface area contributed by atoms with Crippen molar-refractivity contribution >= 4 is 16.9 Å². The molecule has 1 amide bonds. The van der Waals surface area contributed by atoms with Gasteiger partial charge in [-0.1, -0.05) is 18.2 Å². The molecule has 5 aromatic rings. The summed E-state index contributed by atoms with van der Waals surface area (Å²) in [5.74, 6) is -0.203. The third-order valence-corrected chi connectivity index (χ3v) is 6.30. The lowest BCUT2D eigenvalue weighted by Crippen LogP contribution is -2.44. The molecule has 1 N–H and O–H groups in total. The van der Waals surface area contributed by atoms with Gasteiger partial charge in [0.15, 0.2) is 5.82 Å². The first-order valence-electron chi connectivity index (χ1n) is 11.4. The number of pyridine rings is 3. The van der Waals surface area contributed by atoms with Gasteiger partial charge in [0, 0.05) is 30.4 Å². The van der Waals surface area contributed by atoms with Crippen LogP contribution in [-0.2, 0) is 0 Å². The van der Waals surface area contributed by atoms with Crippen molar-refractivity contribution in [3.63, 3.8) is 0 Å².